The van der Waals surface area contributed by atoms with Gasteiger partial charge in [0.15, 0.2) is 5.78 Å². The standard InChI is InChI=1S/C29H30N4O3/c1-29(2)14-23-27(24(34)15-29)26(22(17-31)28(32)33(23)12-13-35-3)21-10-6-7-11-25(21)36-18-20-9-5-4-8-19(20)16-30/h4-11,26H,12-15,18,32H2,1-3H3/t26-/m0/s1. The Bertz CT molecular complexity index is 1330. The lowest BCUT2D eigenvalue weighted by Crippen LogP contribution is -2.43. The second kappa shape index (κ2) is 10.3. The van der Waals surface area contributed by atoms with Crippen LogP contribution >= 0.6 is 0 Å². The topological polar surface area (TPSA) is 112 Å². The fraction of sp³-hybridized carbons (Fsp3) is 0.345. The molecule has 0 fully saturated rings. The Labute approximate surface area is 212 Å². The summed E-state index contributed by atoms with van der Waals surface area (Å²) in [5.41, 5.74) is 10.2. The van der Waals surface area contributed by atoms with Crippen molar-refractivity contribution in [1.82, 2.24) is 4.90 Å². The van der Waals surface area contributed by atoms with E-state index >= 15 is 0 Å². The molecule has 0 saturated heterocycles. The quantitative estimate of drug-likeness (QED) is 0.617. The van der Waals surface area contributed by atoms with E-state index in [1.54, 1.807) is 13.2 Å². The van der Waals surface area contributed by atoms with E-state index in [1.165, 1.54) is 0 Å². The summed E-state index contributed by atoms with van der Waals surface area (Å²) in [4.78, 5) is 15.5. The molecule has 0 aromatic heterocycles. The highest BCUT2D eigenvalue weighted by Gasteiger charge is 2.44. The number of Topliss-reactive ketones (excluding diaryl/α,β-unsaturated/α-hetero) is 1. The van der Waals surface area contributed by atoms with E-state index in [0.29, 0.717) is 59.8 Å². The maximum absolute atomic E-state index is 13.6. The van der Waals surface area contributed by atoms with Crippen molar-refractivity contribution in [3.8, 4) is 17.9 Å². The van der Waals surface area contributed by atoms with Crippen molar-refractivity contribution < 1.29 is 14.3 Å². The molecule has 0 amide bonds. The zero-order valence-electron chi connectivity index (χ0n) is 20.9. The van der Waals surface area contributed by atoms with Gasteiger partial charge in [-0.25, -0.2) is 0 Å². The van der Waals surface area contributed by atoms with Gasteiger partial charge in [0.25, 0.3) is 0 Å². The van der Waals surface area contributed by atoms with E-state index in [4.69, 9.17) is 15.2 Å². The molecule has 1 heterocycles. The van der Waals surface area contributed by atoms with Crippen LogP contribution in [-0.4, -0.2) is 30.9 Å². The third-order valence-electron chi connectivity index (χ3n) is 6.76. The number of benzene rings is 2. The van der Waals surface area contributed by atoms with Crippen LogP contribution in [0.2, 0.25) is 0 Å². The van der Waals surface area contributed by atoms with E-state index in [2.05, 4.69) is 26.0 Å². The minimum absolute atomic E-state index is 0.0125. The van der Waals surface area contributed by atoms with E-state index in [-0.39, 0.29) is 17.8 Å². The van der Waals surface area contributed by atoms with Gasteiger partial charge in [0.2, 0.25) is 0 Å². The molecular weight excluding hydrogens is 452 g/mol. The Hall–Kier alpha value is -4.07. The molecule has 4 rings (SSSR count). The molecule has 0 bridgehead atoms. The molecule has 1 atom stereocenters. The largest absolute Gasteiger partial charge is 0.489 e. The Morgan fingerprint density at radius 1 is 1.08 bits per heavy atom. The number of carbonyl (C=O) groups excluding carboxylic acids is 1. The number of nitrogens with two attached hydrogens (primary N) is 1. The van der Waals surface area contributed by atoms with Gasteiger partial charge in [-0.05, 0) is 24.0 Å². The number of nitriles is 2. The maximum Gasteiger partial charge on any atom is 0.162 e. The predicted octanol–water partition coefficient (Wildman–Crippen LogP) is 4.52. The molecule has 2 aliphatic rings. The first kappa shape index (κ1) is 25.0. The van der Waals surface area contributed by atoms with Gasteiger partial charge in [0.1, 0.15) is 18.2 Å². The van der Waals surface area contributed by atoms with Crippen molar-refractivity contribution in [1.29, 1.82) is 10.5 Å². The lowest BCUT2D eigenvalue weighted by atomic mass is 9.68. The first-order chi connectivity index (χ1) is 17.3. The van der Waals surface area contributed by atoms with Crippen LogP contribution in [-0.2, 0) is 16.1 Å². The summed E-state index contributed by atoms with van der Waals surface area (Å²) in [6.45, 7) is 5.18. The predicted molar refractivity (Wildman–Crippen MR) is 135 cm³/mol. The molecule has 2 aromatic rings. The highest BCUT2D eigenvalue weighted by Crippen LogP contribution is 2.50. The van der Waals surface area contributed by atoms with Gasteiger partial charge in [-0.3, -0.25) is 4.79 Å². The molecule has 0 spiro atoms. The van der Waals surface area contributed by atoms with Gasteiger partial charge in [0, 0.05) is 42.5 Å². The smallest absolute Gasteiger partial charge is 0.162 e. The third-order valence-corrected chi connectivity index (χ3v) is 6.76. The Kier molecular flexibility index (Phi) is 7.15. The number of nitrogens with zero attached hydrogens (tertiary/aromatic N) is 3. The van der Waals surface area contributed by atoms with Gasteiger partial charge in [-0.2, -0.15) is 10.5 Å². The van der Waals surface area contributed by atoms with E-state index in [9.17, 15) is 15.3 Å². The number of rotatable bonds is 7. The molecule has 2 aromatic carbocycles. The first-order valence-corrected chi connectivity index (χ1v) is 11.9. The van der Waals surface area contributed by atoms with E-state index < -0.39 is 5.92 Å². The molecule has 0 unspecified atom stereocenters. The van der Waals surface area contributed by atoms with Crippen LogP contribution in [0.4, 0.5) is 0 Å². The van der Waals surface area contributed by atoms with Gasteiger partial charge >= 0.3 is 0 Å². The summed E-state index contributed by atoms with van der Waals surface area (Å²) in [6.07, 6.45) is 1.05. The molecule has 7 heteroatoms. The Balaban J connectivity index is 1.82. The van der Waals surface area contributed by atoms with Crippen LogP contribution in [0.3, 0.4) is 0 Å². The highest BCUT2D eigenvalue weighted by molar-refractivity contribution is 6.00. The molecule has 0 radical (unpaired) electrons. The molecule has 1 aliphatic carbocycles. The molecule has 0 saturated carbocycles. The molecule has 36 heavy (non-hydrogen) atoms. The summed E-state index contributed by atoms with van der Waals surface area (Å²) in [5.74, 6) is 0.271. The lowest BCUT2D eigenvalue weighted by molar-refractivity contribution is -0.118. The van der Waals surface area contributed by atoms with Crippen molar-refractivity contribution >= 4 is 5.78 Å². The van der Waals surface area contributed by atoms with Crippen LogP contribution in [0.25, 0.3) is 0 Å². The zero-order chi connectivity index (χ0) is 25.9. The first-order valence-electron chi connectivity index (χ1n) is 11.9. The van der Waals surface area contributed by atoms with Crippen molar-refractivity contribution in [3.63, 3.8) is 0 Å². The molecule has 2 N–H and O–H groups in total. The molecule has 184 valence electrons. The van der Waals surface area contributed by atoms with Crippen molar-refractivity contribution in [2.45, 2.75) is 39.2 Å². The van der Waals surface area contributed by atoms with E-state index in [0.717, 1.165) is 11.3 Å². The van der Waals surface area contributed by atoms with Gasteiger partial charge in [-0.1, -0.05) is 50.2 Å². The summed E-state index contributed by atoms with van der Waals surface area (Å²) in [5, 5.41) is 19.7. The summed E-state index contributed by atoms with van der Waals surface area (Å²) in [7, 11) is 1.61. The van der Waals surface area contributed by atoms with Crippen molar-refractivity contribution in [2.24, 2.45) is 11.1 Å². The average molecular weight is 483 g/mol. The van der Waals surface area contributed by atoms with Gasteiger partial charge < -0.3 is 20.1 Å². The second-order valence-corrected chi connectivity index (χ2v) is 9.88. The highest BCUT2D eigenvalue weighted by atomic mass is 16.5. The second-order valence-electron chi connectivity index (χ2n) is 9.88. The number of ketones is 1. The minimum Gasteiger partial charge on any atom is -0.489 e. The summed E-state index contributed by atoms with van der Waals surface area (Å²) in [6, 6.07) is 19.2. The summed E-state index contributed by atoms with van der Waals surface area (Å²) >= 11 is 0. The number of hydrogen-bond donors (Lipinski definition) is 1. The number of allylic oxidation sites excluding steroid dienone is 3. The van der Waals surface area contributed by atoms with Crippen LogP contribution in [0.1, 0.15) is 49.3 Å². The number of methoxy groups -OCH3 is 1. The van der Waals surface area contributed by atoms with Crippen LogP contribution in [0.15, 0.2) is 71.2 Å². The summed E-state index contributed by atoms with van der Waals surface area (Å²) < 4.78 is 11.5. The third kappa shape index (κ3) is 4.71. The molecular formula is C29H30N4O3. The molecule has 1 aliphatic heterocycles. The van der Waals surface area contributed by atoms with Crippen molar-refractivity contribution in [2.75, 3.05) is 20.3 Å². The van der Waals surface area contributed by atoms with Crippen molar-refractivity contribution in [3.05, 3.63) is 87.9 Å². The Morgan fingerprint density at radius 3 is 2.53 bits per heavy atom. The van der Waals surface area contributed by atoms with Crippen LogP contribution in [0, 0.1) is 28.1 Å². The minimum atomic E-state index is -0.630. The van der Waals surface area contributed by atoms with E-state index in [1.807, 2.05) is 47.4 Å². The number of carbonyl (C=O) groups is 1. The van der Waals surface area contributed by atoms with Crippen LogP contribution in [0.5, 0.6) is 5.75 Å². The number of para-hydroxylation sites is 1. The van der Waals surface area contributed by atoms with Gasteiger partial charge in [0.05, 0.1) is 35.8 Å². The average Bonchev–Trinajstić information content (AvgIpc) is 2.86. The fourth-order valence-electron chi connectivity index (χ4n) is 5.09. The zero-order valence-corrected chi connectivity index (χ0v) is 20.9. The lowest BCUT2D eigenvalue weighted by Gasteiger charge is -2.44. The van der Waals surface area contributed by atoms with Gasteiger partial charge in [-0.15, -0.1) is 0 Å². The SMILES string of the molecule is COCCN1C(N)=C(C#N)[C@H](c2ccccc2OCc2ccccc2C#N)C2=C1CC(C)(C)CC2=O. The van der Waals surface area contributed by atoms with Crippen LogP contribution < -0.4 is 10.5 Å². The molecule has 7 nitrogen and oxygen atoms in total. The number of hydrogen-bond acceptors (Lipinski definition) is 7. The fourth-order valence-corrected chi connectivity index (χ4v) is 5.09. The normalized spacial score (nSPS) is 19.0. The maximum atomic E-state index is 13.6. The number of ether oxygens (including phenoxy) is 2. The Morgan fingerprint density at radius 2 is 1.81 bits per heavy atom. The monoisotopic (exact) mass is 482 g/mol.